The molecule has 4 nitrogen and oxygen atoms in total. The molecule has 1 amide bonds. The molecular formula is C26H23BrN2O2. The van der Waals surface area contributed by atoms with Crippen molar-refractivity contribution >= 4 is 32.7 Å². The monoisotopic (exact) mass is 474 g/mol. The molecule has 3 aromatic carbocycles. The van der Waals surface area contributed by atoms with Gasteiger partial charge >= 0.3 is 0 Å². The lowest BCUT2D eigenvalue weighted by atomic mass is 10.0. The van der Waals surface area contributed by atoms with Crippen molar-refractivity contribution in [1.82, 2.24) is 10.3 Å². The molecule has 0 atom stereocenters. The zero-order valence-electron chi connectivity index (χ0n) is 17.7. The number of pyridine rings is 1. The zero-order chi connectivity index (χ0) is 22.0. The third kappa shape index (κ3) is 4.47. The number of rotatable bonds is 5. The van der Waals surface area contributed by atoms with Gasteiger partial charge in [0.05, 0.1) is 23.9 Å². The number of methoxy groups -OCH3 is 1. The van der Waals surface area contributed by atoms with Crippen LogP contribution < -0.4 is 10.1 Å². The van der Waals surface area contributed by atoms with E-state index in [1.54, 1.807) is 7.11 Å². The summed E-state index contributed by atoms with van der Waals surface area (Å²) in [6.45, 7) is 4.54. The van der Waals surface area contributed by atoms with Gasteiger partial charge in [-0.15, -0.1) is 0 Å². The molecule has 0 aliphatic rings. The van der Waals surface area contributed by atoms with Crippen LogP contribution in [0.15, 0.2) is 71.2 Å². The molecule has 31 heavy (non-hydrogen) atoms. The van der Waals surface area contributed by atoms with Gasteiger partial charge in [0.1, 0.15) is 5.75 Å². The van der Waals surface area contributed by atoms with Gasteiger partial charge in [0.2, 0.25) is 0 Å². The van der Waals surface area contributed by atoms with Crippen molar-refractivity contribution in [2.45, 2.75) is 20.4 Å². The minimum absolute atomic E-state index is 0.151. The molecule has 0 radical (unpaired) electrons. The van der Waals surface area contributed by atoms with Gasteiger partial charge in [-0.05, 0) is 61.4 Å². The van der Waals surface area contributed by atoms with Gasteiger partial charge in [0, 0.05) is 27.5 Å². The minimum Gasteiger partial charge on any atom is -0.496 e. The van der Waals surface area contributed by atoms with Crippen molar-refractivity contribution in [1.29, 1.82) is 0 Å². The molecule has 5 heteroatoms. The van der Waals surface area contributed by atoms with E-state index in [-0.39, 0.29) is 5.91 Å². The van der Waals surface area contributed by atoms with Crippen LogP contribution >= 0.6 is 15.9 Å². The number of halogens is 1. The summed E-state index contributed by atoms with van der Waals surface area (Å²) in [7, 11) is 1.63. The molecule has 0 spiro atoms. The Morgan fingerprint density at radius 3 is 2.58 bits per heavy atom. The maximum Gasteiger partial charge on any atom is 0.252 e. The summed E-state index contributed by atoms with van der Waals surface area (Å²) in [5.41, 5.74) is 6.48. The first-order valence-electron chi connectivity index (χ1n) is 10.0. The first-order chi connectivity index (χ1) is 15.0. The number of aromatic nitrogens is 1. The maximum atomic E-state index is 13.3. The van der Waals surface area contributed by atoms with E-state index < -0.39 is 0 Å². The van der Waals surface area contributed by atoms with Crippen molar-refractivity contribution in [2.75, 3.05) is 7.11 Å². The van der Waals surface area contributed by atoms with Gasteiger partial charge < -0.3 is 10.1 Å². The van der Waals surface area contributed by atoms with E-state index >= 15 is 0 Å². The second kappa shape index (κ2) is 8.90. The predicted octanol–water partition coefficient (Wildman–Crippen LogP) is 6.22. The lowest BCUT2D eigenvalue weighted by Crippen LogP contribution is -2.23. The lowest BCUT2D eigenvalue weighted by Gasteiger charge is -2.13. The standard InChI is InChI=1S/C26H23BrN2O2/c1-16-8-9-18(12-17(16)2)24-14-22(21-13-20(27)10-11-23(21)29-24)26(30)28-15-19-6-4-5-7-25(19)31-3/h4-14H,15H2,1-3H3,(H,28,30). The number of ether oxygens (including phenoxy) is 1. The summed E-state index contributed by atoms with van der Waals surface area (Å²) < 4.78 is 6.30. The summed E-state index contributed by atoms with van der Waals surface area (Å²) in [5, 5.41) is 3.84. The van der Waals surface area contributed by atoms with Crippen molar-refractivity contribution in [3.05, 3.63) is 93.5 Å². The number of para-hydroxylation sites is 1. The highest BCUT2D eigenvalue weighted by Gasteiger charge is 2.15. The van der Waals surface area contributed by atoms with Crippen molar-refractivity contribution in [3.8, 4) is 17.0 Å². The third-order valence-electron chi connectivity index (χ3n) is 5.45. The number of nitrogens with one attached hydrogen (secondary N) is 1. The van der Waals surface area contributed by atoms with Crippen LogP contribution in [0.4, 0.5) is 0 Å². The fourth-order valence-electron chi connectivity index (χ4n) is 3.55. The zero-order valence-corrected chi connectivity index (χ0v) is 19.3. The predicted molar refractivity (Wildman–Crippen MR) is 129 cm³/mol. The Kier molecular flexibility index (Phi) is 6.05. The SMILES string of the molecule is COc1ccccc1CNC(=O)c1cc(-c2ccc(C)c(C)c2)nc2ccc(Br)cc12. The topological polar surface area (TPSA) is 51.2 Å². The first kappa shape index (κ1) is 21.1. The first-order valence-corrected chi connectivity index (χ1v) is 10.8. The highest BCUT2D eigenvalue weighted by atomic mass is 79.9. The number of amides is 1. The molecule has 4 rings (SSSR count). The Morgan fingerprint density at radius 1 is 1.00 bits per heavy atom. The molecular weight excluding hydrogens is 452 g/mol. The lowest BCUT2D eigenvalue weighted by molar-refractivity contribution is 0.0952. The van der Waals surface area contributed by atoms with Crippen LogP contribution in [0.1, 0.15) is 27.0 Å². The molecule has 0 aliphatic carbocycles. The number of nitrogens with zero attached hydrogens (tertiary/aromatic N) is 1. The summed E-state index contributed by atoms with van der Waals surface area (Å²) >= 11 is 3.52. The van der Waals surface area contributed by atoms with Crippen LogP contribution in [-0.4, -0.2) is 18.0 Å². The van der Waals surface area contributed by atoms with Gasteiger partial charge in [0.25, 0.3) is 5.91 Å². The van der Waals surface area contributed by atoms with Crippen molar-refractivity contribution in [3.63, 3.8) is 0 Å². The summed E-state index contributed by atoms with van der Waals surface area (Å²) in [5.74, 6) is 0.599. The van der Waals surface area contributed by atoms with E-state index in [1.807, 2.05) is 54.6 Å². The molecule has 1 N–H and O–H groups in total. The van der Waals surface area contributed by atoms with Crippen LogP contribution in [0.25, 0.3) is 22.2 Å². The molecule has 0 saturated heterocycles. The van der Waals surface area contributed by atoms with Gasteiger partial charge in [-0.25, -0.2) is 4.98 Å². The van der Waals surface area contributed by atoms with Crippen LogP contribution in [0.3, 0.4) is 0 Å². The normalized spacial score (nSPS) is 10.8. The van der Waals surface area contributed by atoms with E-state index in [9.17, 15) is 4.79 Å². The fourth-order valence-corrected chi connectivity index (χ4v) is 3.92. The van der Waals surface area contributed by atoms with Gasteiger partial charge in [0.15, 0.2) is 0 Å². The second-order valence-corrected chi connectivity index (χ2v) is 8.43. The van der Waals surface area contributed by atoms with Crippen LogP contribution in [0.5, 0.6) is 5.75 Å². The largest absolute Gasteiger partial charge is 0.496 e. The fraction of sp³-hybridized carbons (Fsp3) is 0.154. The van der Waals surface area contributed by atoms with E-state index in [2.05, 4.69) is 47.2 Å². The molecule has 0 bridgehead atoms. The number of carbonyl (C=O) groups excluding carboxylic acids is 1. The van der Waals surface area contributed by atoms with Crippen LogP contribution in [0.2, 0.25) is 0 Å². The van der Waals surface area contributed by atoms with Crippen molar-refractivity contribution in [2.24, 2.45) is 0 Å². The molecule has 1 aromatic heterocycles. The Hall–Kier alpha value is -3.18. The van der Waals surface area contributed by atoms with Gasteiger partial charge in [-0.3, -0.25) is 4.79 Å². The molecule has 0 fully saturated rings. The smallest absolute Gasteiger partial charge is 0.252 e. The summed E-state index contributed by atoms with van der Waals surface area (Å²) in [4.78, 5) is 18.1. The number of hydrogen-bond acceptors (Lipinski definition) is 3. The molecule has 4 aromatic rings. The Balaban J connectivity index is 1.75. The second-order valence-electron chi connectivity index (χ2n) is 7.51. The average Bonchev–Trinajstić information content (AvgIpc) is 2.78. The molecule has 156 valence electrons. The minimum atomic E-state index is -0.151. The van der Waals surface area contributed by atoms with Crippen LogP contribution in [0, 0.1) is 13.8 Å². The molecule has 0 saturated carbocycles. The van der Waals surface area contributed by atoms with E-state index in [0.29, 0.717) is 12.1 Å². The molecule has 1 heterocycles. The number of fused-ring (bicyclic) bond motifs is 1. The highest BCUT2D eigenvalue weighted by molar-refractivity contribution is 9.10. The van der Waals surface area contributed by atoms with E-state index in [0.717, 1.165) is 37.9 Å². The number of aryl methyl sites for hydroxylation is 2. The van der Waals surface area contributed by atoms with E-state index in [1.165, 1.54) is 11.1 Å². The molecule has 0 unspecified atom stereocenters. The summed E-state index contributed by atoms with van der Waals surface area (Å²) in [6, 6.07) is 21.6. The van der Waals surface area contributed by atoms with Crippen molar-refractivity contribution < 1.29 is 9.53 Å². The number of carbonyl (C=O) groups is 1. The Bertz CT molecular complexity index is 1280. The number of benzene rings is 3. The van der Waals surface area contributed by atoms with Crippen LogP contribution in [-0.2, 0) is 6.54 Å². The third-order valence-corrected chi connectivity index (χ3v) is 5.94. The Labute approximate surface area is 190 Å². The number of hydrogen-bond donors (Lipinski definition) is 1. The average molecular weight is 475 g/mol. The highest BCUT2D eigenvalue weighted by Crippen LogP contribution is 2.28. The van der Waals surface area contributed by atoms with Gasteiger partial charge in [-0.1, -0.05) is 46.3 Å². The van der Waals surface area contributed by atoms with Gasteiger partial charge in [-0.2, -0.15) is 0 Å². The Morgan fingerprint density at radius 2 is 1.81 bits per heavy atom. The van der Waals surface area contributed by atoms with E-state index in [4.69, 9.17) is 9.72 Å². The quantitative estimate of drug-likeness (QED) is 0.373. The maximum absolute atomic E-state index is 13.3. The summed E-state index contributed by atoms with van der Waals surface area (Å²) in [6.07, 6.45) is 0. The molecule has 0 aliphatic heterocycles.